The Hall–Kier alpha value is -3.32. The molecule has 0 saturated carbocycles. The van der Waals surface area contributed by atoms with Crippen LogP contribution in [-0.4, -0.2) is 29.6 Å². The second-order valence-corrected chi connectivity index (χ2v) is 5.62. The molecule has 7 heteroatoms. The summed E-state index contributed by atoms with van der Waals surface area (Å²) in [7, 11) is 0. The predicted octanol–water partition coefficient (Wildman–Crippen LogP) is 1.72. The lowest BCUT2D eigenvalue weighted by Gasteiger charge is -2.06. The van der Waals surface area contributed by atoms with Gasteiger partial charge >= 0.3 is 5.69 Å². The molecule has 0 aliphatic heterocycles. The van der Waals surface area contributed by atoms with Gasteiger partial charge in [-0.05, 0) is 17.2 Å². The first-order chi connectivity index (χ1) is 12.3. The molecule has 0 amide bonds. The highest BCUT2D eigenvalue weighted by atomic mass is 16.3. The average molecular weight is 333 g/mol. The molecule has 7 nitrogen and oxygen atoms in total. The minimum absolute atomic E-state index is 0.0889. The number of hydrogen-bond donors (Lipinski definition) is 2. The van der Waals surface area contributed by atoms with Crippen molar-refractivity contribution in [3.05, 3.63) is 76.6 Å². The Morgan fingerprint density at radius 3 is 2.80 bits per heavy atom. The number of aliphatic hydroxyl groups excluding tert-OH is 1. The van der Waals surface area contributed by atoms with Crippen molar-refractivity contribution < 1.29 is 5.11 Å². The van der Waals surface area contributed by atoms with Crippen molar-refractivity contribution in [2.45, 2.75) is 13.2 Å². The number of rotatable bonds is 4. The third-order valence-corrected chi connectivity index (χ3v) is 4.01. The van der Waals surface area contributed by atoms with Crippen LogP contribution in [0.5, 0.6) is 0 Å². The minimum Gasteiger partial charge on any atom is -0.392 e. The lowest BCUT2D eigenvalue weighted by atomic mass is 10.1. The van der Waals surface area contributed by atoms with E-state index in [9.17, 15) is 9.90 Å². The van der Waals surface area contributed by atoms with Gasteiger partial charge in [-0.2, -0.15) is 0 Å². The van der Waals surface area contributed by atoms with Gasteiger partial charge < -0.3 is 5.11 Å². The highest BCUT2D eigenvalue weighted by Gasteiger charge is 2.13. The molecule has 0 spiro atoms. The fourth-order valence-electron chi connectivity index (χ4n) is 2.79. The van der Waals surface area contributed by atoms with Crippen molar-refractivity contribution in [2.75, 3.05) is 0 Å². The van der Waals surface area contributed by atoms with Crippen LogP contribution in [0, 0.1) is 0 Å². The molecule has 0 saturated heterocycles. The number of H-pyrrole nitrogens is 1. The van der Waals surface area contributed by atoms with Crippen molar-refractivity contribution in [3.63, 3.8) is 0 Å². The summed E-state index contributed by atoms with van der Waals surface area (Å²) >= 11 is 0. The van der Waals surface area contributed by atoms with E-state index in [0.717, 1.165) is 16.7 Å². The van der Waals surface area contributed by atoms with E-state index >= 15 is 0 Å². The molecule has 0 aliphatic rings. The fraction of sp³-hybridized carbons (Fsp3) is 0.111. The third-order valence-electron chi connectivity index (χ3n) is 4.01. The maximum absolute atomic E-state index is 12.3. The van der Waals surface area contributed by atoms with E-state index < -0.39 is 0 Å². The normalized spacial score (nSPS) is 11.1. The van der Waals surface area contributed by atoms with Crippen molar-refractivity contribution in [3.8, 4) is 11.3 Å². The Bertz CT molecular complexity index is 1090. The quantitative estimate of drug-likeness (QED) is 0.593. The van der Waals surface area contributed by atoms with Crippen LogP contribution in [0.4, 0.5) is 0 Å². The first-order valence-electron chi connectivity index (χ1n) is 7.80. The van der Waals surface area contributed by atoms with E-state index in [4.69, 9.17) is 0 Å². The van der Waals surface area contributed by atoms with E-state index in [0.29, 0.717) is 23.5 Å². The van der Waals surface area contributed by atoms with Crippen molar-refractivity contribution in [1.82, 2.24) is 24.5 Å². The van der Waals surface area contributed by atoms with Gasteiger partial charge in [0.05, 0.1) is 25.0 Å². The van der Waals surface area contributed by atoms with Crippen LogP contribution in [0.3, 0.4) is 0 Å². The number of pyridine rings is 1. The van der Waals surface area contributed by atoms with Crippen LogP contribution in [0.15, 0.2) is 59.8 Å². The van der Waals surface area contributed by atoms with Crippen LogP contribution in [0.2, 0.25) is 0 Å². The second kappa shape index (κ2) is 6.29. The fourth-order valence-corrected chi connectivity index (χ4v) is 2.79. The summed E-state index contributed by atoms with van der Waals surface area (Å²) < 4.78 is 1.53. The number of aromatic nitrogens is 5. The molecule has 3 aromatic heterocycles. The monoisotopic (exact) mass is 333 g/mol. The van der Waals surface area contributed by atoms with Gasteiger partial charge in [-0.15, -0.1) is 0 Å². The number of benzene rings is 1. The molecule has 2 N–H and O–H groups in total. The molecule has 0 fully saturated rings. The molecule has 4 rings (SSSR count). The van der Waals surface area contributed by atoms with E-state index in [1.165, 1.54) is 4.57 Å². The standard InChI is InChI=1S/C18H15N5O2/c24-11-13-5-1-2-6-14(13)15-9-20-17-16(21-15)22-18(25)23(17)10-12-4-3-7-19-8-12/h1-9,24H,10-11H2,(H,21,22,25). The zero-order valence-electron chi connectivity index (χ0n) is 13.3. The Morgan fingerprint density at radius 2 is 2.00 bits per heavy atom. The molecule has 3 heterocycles. The molecule has 0 radical (unpaired) electrons. The zero-order chi connectivity index (χ0) is 17.2. The lowest BCUT2D eigenvalue weighted by molar-refractivity contribution is 0.282. The Morgan fingerprint density at radius 1 is 1.12 bits per heavy atom. The number of aromatic amines is 1. The maximum Gasteiger partial charge on any atom is 0.329 e. The van der Waals surface area contributed by atoms with Crippen LogP contribution < -0.4 is 5.69 Å². The van der Waals surface area contributed by atoms with E-state index in [-0.39, 0.29) is 12.3 Å². The van der Waals surface area contributed by atoms with Crippen LogP contribution in [0.25, 0.3) is 22.6 Å². The molecule has 4 aromatic rings. The summed E-state index contributed by atoms with van der Waals surface area (Å²) in [4.78, 5) is 28.0. The average Bonchev–Trinajstić information content (AvgIpc) is 2.97. The van der Waals surface area contributed by atoms with E-state index in [1.807, 2.05) is 36.4 Å². The molecular formula is C18H15N5O2. The van der Waals surface area contributed by atoms with E-state index in [2.05, 4.69) is 19.9 Å². The predicted molar refractivity (Wildman–Crippen MR) is 92.8 cm³/mol. The number of aliphatic hydroxyl groups is 1. The molecule has 0 aliphatic carbocycles. The largest absolute Gasteiger partial charge is 0.392 e. The molecule has 25 heavy (non-hydrogen) atoms. The summed E-state index contributed by atoms with van der Waals surface area (Å²) in [6.45, 7) is 0.280. The molecule has 1 aromatic carbocycles. The third kappa shape index (κ3) is 2.81. The maximum atomic E-state index is 12.3. The van der Waals surface area contributed by atoms with Gasteiger partial charge in [-0.1, -0.05) is 30.3 Å². The summed E-state index contributed by atoms with van der Waals surface area (Å²) in [5.74, 6) is 0. The van der Waals surface area contributed by atoms with Crippen LogP contribution >= 0.6 is 0 Å². The number of nitrogens with zero attached hydrogens (tertiary/aromatic N) is 4. The van der Waals surface area contributed by atoms with Crippen molar-refractivity contribution >= 4 is 11.3 Å². The first kappa shape index (κ1) is 15.2. The van der Waals surface area contributed by atoms with Gasteiger partial charge in [-0.3, -0.25) is 14.5 Å². The Kier molecular flexibility index (Phi) is 3.83. The summed E-state index contributed by atoms with van der Waals surface area (Å²) in [5, 5.41) is 9.49. The highest BCUT2D eigenvalue weighted by Crippen LogP contribution is 2.22. The Labute approximate surface area is 142 Å². The topological polar surface area (TPSA) is 96.7 Å². The van der Waals surface area contributed by atoms with Gasteiger partial charge in [0.1, 0.15) is 0 Å². The Balaban J connectivity index is 1.80. The summed E-state index contributed by atoms with van der Waals surface area (Å²) in [5.41, 5.74) is 3.69. The molecular weight excluding hydrogens is 318 g/mol. The first-order valence-corrected chi connectivity index (χ1v) is 7.80. The zero-order valence-corrected chi connectivity index (χ0v) is 13.3. The number of fused-ring (bicyclic) bond motifs is 1. The summed E-state index contributed by atoms with van der Waals surface area (Å²) in [6.07, 6.45) is 5.01. The molecule has 0 atom stereocenters. The van der Waals surface area contributed by atoms with Crippen LogP contribution in [0.1, 0.15) is 11.1 Å². The number of nitrogens with one attached hydrogen (secondary N) is 1. The number of hydrogen-bond acceptors (Lipinski definition) is 5. The minimum atomic E-state index is -0.272. The number of imidazole rings is 1. The molecule has 124 valence electrons. The SMILES string of the molecule is O=c1[nH]c2nc(-c3ccccc3CO)cnc2n1Cc1cccnc1. The molecule has 0 unspecified atom stereocenters. The van der Waals surface area contributed by atoms with Gasteiger partial charge in [-0.25, -0.2) is 14.8 Å². The van der Waals surface area contributed by atoms with Gasteiger partial charge in [0.2, 0.25) is 0 Å². The lowest BCUT2D eigenvalue weighted by Crippen LogP contribution is -2.17. The van der Waals surface area contributed by atoms with Crippen molar-refractivity contribution in [1.29, 1.82) is 0 Å². The van der Waals surface area contributed by atoms with Gasteiger partial charge in [0, 0.05) is 18.0 Å². The van der Waals surface area contributed by atoms with E-state index in [1.54, 1.807) is 18.6 Å². The summed E-state index contributed by atoms with van der Waals surface area (Å²) in [6, 6.07) is 11.1. The highest BCUT2D eigenvalue weighted by molar-refractivity contribution is 5.72. The van der Waals surface area contributed by atoms with Gasteiger partial charge in [0.15, 0.2) is 11.3 Å². The molecule has 0 bridgehead atoms. The second-order valence-electron chi connectivity index (χ2n) is 5.62. The van der Waals surface area contributed by atoms with Gasteiger partial charge in [0.25, 0.3) is 0 Å². The van der Waals surface area contributed by atoms with Crippen molar-refractivity contribution in [2.24, 2.45) is 0 Å². The van der Waals surface area contributed by atoms with Crippen LogP contribution in [-0.2, 0) is 13.2 Å². The smallest absolute Gasteiger partial charge is 0.329 e.